The zero-order chi connectivity index (χ0) is 21.1. The molecular weight excluding hydrogens is 434 g/mol. The minimum atomic E-state index is -1.07. The maximum absolute atomic E-state index is 13.1. The lowest BCUT2D eigenvalue weighted by atomic mass is 9.74. The van der Waals surface area contributed by atoms with E-state index < -0.39 is 10.8 Å². The van der Waals surface area contributed by atoms with Crippen molar-refractivity contribution in [2.45, 2.75) is 30.3 Å². The lowest BCUT2D eigenvalue weighted by Crippen LogP contribution is -2.61. The average molecular weight is 462 g/mol. The number of fused-ring (bicyclic) bond motifs is 3. The van der Waals surface area contributed by atoms with Crippen LogP contribution in [0.25, 0.3) is 11.0 Å². The average Bonchev–Trinajstić information content (AvgIpc) is 3.48. The van der Waals surface area contributed by atoms with Crippen LogP contribution >= 0.6 is 11.8 Å². The largest absolute Gasteiger partial charge is 0.384 e. The molecule has 6 atom stereocenters. The molecule has 0 spiro atoms. The number of aromatic nitrogens is 3. The highest BCUT2D eigenvalue weighted by atomic mass is 32.2. The second-order valence-corrected chi connectivity index (χ2v) is 11.6. The number of thioether (sulfide) groups is 1. The summed E-state index contributed by atoms with van der Waals surface area (Å²) in [6.07, 6.45) is 6.13. The minimum absolute atomic E-state index is 0.208. The molecule has 3 N–H and O–H groups in total. The molecule has 0 aromatic carbocycles. The van der Waals surface area contributed by atoms with Gasteiger partial charge in [0, 0.05) is 56.5 Å². The first-order chi connectivity index (χ1) is 15.1. The number of nitrogens with zero attached hydrogens (tertiary/aromatic N) is 4. The van der Waals surface area contributed by atoms with Gasteiger partial charge in [-0.05, 0) is 30.4 Å². The van der Waals surface area contributed by atoms with Crippen molar-refractivity contribution in [1.29, 1.82) is 0 Å². The van der Waals surface area contributed by atoms with Crippen LogP contribution in [-0.4, -0.2) is 61.5 Å². The van der Waals surface area contributed by atoms with E-state index in [9.17, 15) is 4.21 Å². The number of hydrogen-bond donors (Lipinski definition) is 3. The zero-order valence-electron chi connectivity index (χ0n) is 17.6. The smallest absolute Gasteiger partial charge is 0.181 e. The van der Waals surface area contributed by atoms with Crippen LogP contribution in [0.15, 0.2) is 28.4 Å². The molecule has 9 nitrogen and oxygen atoms in total. The molecule has 0 bridgehead atoms. The molecule has 0 amide bonds. The van der Waals surface area contributed by atoms with Gasteiger partial charge in [-0.25, -0.2) is 10.4 Å². The first-order valence-electron chi connectivity index (χ1n) is 10.8. The summed E-state index contributed by atoms with van der Waals surface area (Å²) in [5.41, 5.74) is 10.2. The second kappa shape index (κ2) is 7.82. The molecule has 6 unspecified atom stereocenters. The Hall–Kier alpha value is -1.50. The number of methoxy groups -OCH3 is 1. The summed E-state index contributed by atoms with van der Waals surface area (Å²) in [5, 5.41) is 11.7. The molecule has 0 aliphatic carbocycles. The van der Waals surface area contributed by atoms with Crippen molar-refractivity contribution in [3.8, 4) is 0 Å². The molecule has 3 saturated heterocycles. The van der Waals surface area contributed by atoms with Crippen LogP contribution in [0.4, 0.5) is 0 Å². The van der Waals surface area contributed by atoms with Crippen LogP contribution in [0.2, 0.25) is 0 Å². The van der Waals surface area contributed by atoms with E-state index in [1.54, 1.807) is 18.9 Å². The van der Waals surface area contributed by atoms with Crippen LogP contribution in [0.5, 0.6) is 0 Å². The fraction of sp³-hybridized carbons (Fsp3) is 0.600. The third kappa shape index (κ3) is 3.33. The van der Waals surface area contributed by atoms with Crippen molar-refractivity contribution in [1.82, 2.24) is 36.1 Å². The van der Waals surface area contributed by atoms with Gasteiger partial charge in [0.15, 0.2) is 5.65 Å². The topological polar surface area (TPSA) is 96.3 Å². The van der Waals surface area contributed by atoms with Gasteiger partial charge in [0.05, 0.1) is 38.5 Å². The van der Waals surface area contributed by atoms with Gasteiger partial charge in [-0.2, -0.15) is 10.2 Å². The van der Waals surface area contributed by atoms with Gasteiger partial charge in [0.2, 0.25) is 0 Å². The molecule has 4 aliphatic rings. The molecule has 0 saturated carbocycles. The summed E-state index contributed by atoms with van der Waals surface area (Å²) in [7, 11) is 2.52. The number of ether oxygens (including phenoxy) is 1. The van der Waals surface area contributed by atoms with Crippen LogP contribution in [0.1, 0.15) is 24.4 Å². The van der Waals surface area contributed by atoms with Gasteiger partial charge in [-0.1, -0.05) is 11.8 Å². The fourth-order valence-electron chi connectivity index (χ4n) is 5.46. The molecule has 11 heteroatoms. The predicted octanol–water partition coefficient (Wildman–Crippen LogP) is 0.969. The normalized spacial score (nSPS) is 33.4. The van der Waals surface area contributed by atoms with Crippen molar-refractivity contribution < 1.29 is 8.95 Å². The van der Waals surface area contributed by atoms with Crippen LogP contribution < -0.4 is 16.2 Å². The molecule has 4 aliphatic heterocycles. The van der Waals surface area contributed by atoms with E-state index in [-0.39, 0.29) is 11.4 Å². The SMILES string of the molecule is COCCS(=O)C1=C2NN3NCCC3C3CC(c4cnc5nn(C)cc5c4)NC(S1)C23. The monoisotopic (exact) mass is 461 g/mol. The van der Waals surface area contributed by atoms with E-state index in [4.69, 9.17) is 4.74 Å². The van der Waals surface area contributed by atoms with Gasteiger partial charge in [0.25, 0.3) is 0 Å². The zero-order valence-corrected chi connectivity index (χ0v) is 19.2. The van der Waals surface area contributed by atoms with Crippen LogP contribution in [0.3, 0.4) is 0 Å². The maximum Gasteiger partial charge on any atom is 0.181 e. The Bertz CT molecular complexity index is 1070. The molecular formula is C20H27N7O2S2. The van der Waals surface area contributed by atoms with Gasteiger partial charge in [-0.3, -0.25) is 14.2 Å². The molecule has 6 rings (SSSR count). The predicted molar refractivity (Wildman–Crippen MR) is 121 cm³/mol. The first kappa shape index (κ1) is 20.1. The highest BCUT2D eigenvalue weighted by Gasteiger charge is 2.54. The number of nitrogens with one attached hydrogen (secondary N) is 3. The van der Waals surface area contributed by atoms with E-state index >= 15 is 0 Å². The quantitative estimate of drug-likeness (QED) is 0.602. The third-order valence-corrected chi connectivity index (χ3v) is 9.95. The summed E-state index contributed by atoms with van der Waals surface area (Å²) < 4.78 is 21.0. The van der Waals surface area contributed by atoms with Crippen molar-refractivity contribution in [2.75, 3.05) is 26.0 Å². The van der Waals surface area contributed by atoms with Gasteiger partial charge in [0.1, 0.15) is 0 Å². The van der Waals surface area contributed by atoms with Crippen molar-refractivity contribution in [3.63, 3.8) is 0 Å². The van der Waals surface area contributed by atoms with Gasteiger partial charge in [-0.15, -0.1) is 0 Å². The van der Waals surface area contributed by atoms with Crippen LogP contribution in [-0.2, 0) is 22.6 Å². The van der Waals surface area contributed by atoms with E-state index in [0.29, 0.717) is 30.2 Å². The number of hydrogen-bond acceptors (Lipinski definition) is 9. The molecule has 2 aromatic heterocycles. The summed E-state index contributed by atoms with van der Waals surface area (Å²) >= 11 is 1.73. The molecule has 0 radical (unpaired) electrons. The van der Waals surface area contributed by atoms with Crippen LogP contribution in [0, 0.1) is 11.8 Å². The summed E-state index contributed by atoms with van der Waals surface area (Å²) in [4.78, 5) is 4.60. The summed E-state index contributed by atoms with van der Waals surface area (Å²) in [6, 6.07) is 2.86. The lowest BCUT2D eigenvalue weighted by Gasteiger charge is -2.48. The molecule has 166 valence electrons. The molecule has 2 aromatic rings. The van der Waals surface area contributed by atoms with Gasteiger partial charge < -0.3 is 10.2 Å². The van der Waals surface area contributed by atoms with Crippen molar-refractivity contribution in [3.05, 3.63) is 34.0 Å². The molecule has 31 heavy (non-hydrogen) atoms. The van der Waals surface area contributed by atoms with E-state index in [1.807, 2.05) is 24.1 Å². The lowest BCUT2D eigenvalue weighted by molar-refractivity contribution is 0.00560. The number of piperidine rings is 1. The number of hydrazine groups is 2. The Balaban J connectivity index is 1.33. The summed E-state index contributed by atoms with van der Waals surface area (Å²) in [6.45, 7) is 1.47. The first-order valence-corrected chi connectivity index (χ1v) is 12.9. The second-order valence-electron chi connectivity index (χ2n) is 8.66. The van der Waals surface area contributed by atoms with Crippen molar-refractivity contribution >= 4 is 33.6 Å². The molecule has 6 heterocycles. The Kier molecular flexibility index (Phi) is 5.08. The Morgan fingerprint density at radius 2 is 2.32 bits per heavy atom. The third-order valence-electron chi connectivity index (χ3n) is 6.81. The standard InChI is InChI=1S/C20H27N7O2S2/c1-26-10-12-7-11(9-21-18(12)25-26)14-8-13-15-3-4-22-27(15)24-17-16(13)19(23-14)30-20(17)31(28)6-5-29-2/h7,9-10,13-16,19,22-24H,3-6,8H2,1-2H3. The number of aryl methyl sites for hydroxylation is 1. The molecule has 3 fully saturated rings. The fourth-order valence-corrected chi connectivity index (χ4v) is 8.63. The minimum Gasteiger partial charge on any atom is -0.384 e. The van der Waals surface area contributed by atoms with Crippen molar-refractivity contribution in [2.24, 2.45) is 18.9 Å². The Morgan fingerprint density at radius 1 is 1.42 bits per heavy atom. The highest BCUT2D eigenvalue weighted by molar-refractivity contribution is 8.17. The highest BCUT2D eigenvalue weighted by Crippen LogP contribution is 2.54. The van der Waals surface area contributed by atoms with E-state index in [0.717, 1.165) is 40.4 Å². The van der Waals surface area contributed by atoms with Gasteiger partial charge >= 0.3 is 0 Å². The Morgan fingerprint density at radius 3 is 3.19 bits per heavy atom. The Labute approximate surface area is 187 Å². The number of pyridine rings is 1. The van der Waals surface area contributed by atoms with E-state index in [2.05, 4.69) is 37.4 Å². The maximum atomic E-state index is 13.1. The van der Waals surface area contributed by atoms with E-state index in [1.165, 1.54) is 5.56 Å². The summed E-state index contributed by atoms with van der Waals surface area (Å²) in [5.74, 6) is 1.35. The number of rotatable bonds is 5.